The second-order valence-electron chi connectivity index (χ2n) is 20.2. The average Bonchev–Trinajstić information content (AvgIpc) is 3.54. The smallest absolute Gasteiger partial charge is 0.192 e. The van der Waals surface area contributed by atoms with Crippen molar-refractivity contribution in [2.75, 3.05) is 0 Å². The highest BCUT2D eigenvalue weighted by molar-refractivity contribution is 7.09. The van der Waals surface area contributed by atoms with E-state index in [-0.39, 0.29) is 33.1 Å². The molecule has 1 N–H and O–H groups in total. The maximum absolute atomic E-state index is 11.4. The van der Waals surface area contributed by atoms with Crippen LogP contribution in [-0.4, -0.2) is 45.0 Å². The van der Waals surface area contributed by atoms with Gasteiger partial charge in [0.1, 0.15) is 5.01 Å². The Hall–Kier alpha value is -1.10. The number of aliphatic hydroxyl groups excluding tert-OH is 1. The molecule has 1 aromatic heterocycles. The van der Waals surface area contributed by atoms with Crippen LogP contribution < -0.4 is 0 Å². The Morgan fingerprint density at radius 3 is 2.24 bits per heavy atom. The highest BCUT2D eigenvalue weighted by Crippen LogP contribution is 2.60. The zero-order valence-corrected chi connectivity index (χ0v) is 37.6. The van der Waals surface area contributed by atoms with Crippen LogP contribution in [0.4, 0.5) is 0 Å². The Labute approximate surface area is 319 Å². The summed E-state index contributed by atoms with van der Waals surface area (Å²) < 4.78 is 14.2. The number of allylic oxidation sites excluding steroid dienone is 4. The van der Waals surface area contributed by atoms with E-state index in [4.69, 9.17) is 20.4 Å². The molecule has 0 aromatic carbocycles. The van der Waals surface area contributed by atoms with Gasteiger partial charge in [-0.2, -0.15) is 0 Å². The molecule has 4 saturated carbocycles. The van der Waals surface area contributed by atoms with Crippen molar-refractivity contribution in [1.82, 2.24) is 4.98 Å². The predicted molar refractivity (Wildman–Crippen MR) is 224 cm³/mol. The van der Waals surface area contributed by atoms with Crippen molar-refractivity contribution in [2.45, 2.75) is 187 Å². The highest BCUT2D eigenvalue weighted by atomic mass is 32.1. The van der Waals surface area contributed by atoms with E-state index in [0.29, 0.717) is 17.8 Å². The van der Waals surface area contributed by atoms with Gasteiger partial charge in [0.15, 0.2) is 16.6 Å². The molecule has 0 aliphatic heterocycles. The van der Waals surface area contributed by atoms with Gasteiger partial charge in [-0.3, -0.25) is 0 Å². The van der Waals surface area contributed by atoms with Crippen LogP contribution in [0.2, 0.25) is 36.3 Å². The van der Waals surface area contributed by atoms with Gasteiger partial charge < -0.3 is 14.0 Å². The third-order valence-electron chi connectivity index (χ3n) is 14.7. The molecule has 0 unspecified atom stereocenters. The van der Waals surface area contributed by atoms with Gasteiger partial charge in [0.05, 0.1) is 29.4 Å². The van der Waals surface area contributed by atoms with E-state index in [1.807, 2.05) is 0 Å². The van der Waals surface area contributed by atoms with Crippen LogP contribution in [0.25, 0.3) is 0 Å². The van der Waals surface area contributed by atoms with Crippen molar-refractivity contribution < 1.29 is 14.0 Å². The zero-order valence-electron chi connectivity index (χ0n) is 34.7. The summed E-state index contributed by atoms with van der Waals surface area (Å²) in [5.74, 6) is 1.67. The normalized spacial score (nSPS) is 31.8. The molecule has 4 aliphatic rings. The van der Waals surface area contributed by atoms with Crippen LogP contribution in [0.3, 0.4) is 0 Å². The number of fused-ring (bicyclic) bond motifs is 1. The maximum Gasteiger partial charge on any atom is 0.192 e. The Kier molecular flexibility index (Phi) is 12.0. The summed E-state index contributed by atoms with van der Waals surface area (Å²) in [6.45, 7) is 35.4. The molecular formula is C44H73NO3SSi2. The number of nitrogens with zero attached hydrogens (tertiary/aromatic N) is 1. The topological polar surface area (TPSA) is 51.6 Å². The fourth-order valence-electron chi connectivity index (χ4n) is 8.98. The van der Waals surface area contributed by atoms with Crippen LogP contribution in [-0.2, 0) is 20.7 Å². The first kappa shape index (κ1) is 41.1. The molecule has 0 bridgehead atoms. The minimum absolute atomic E-state index is 0.00796. The molecule has 5 rings (SSSR count). The van der Waals surface area contributed by atoms with E-state index in [1.165, 1.54) is 43.3 Å². The lowest BCUT2D eigenvalue weighted by atomic mass is 9.61. The summed E-state index contributed by atoms with van der Waals surface area (Å²) in [4.78, 5) is 4.87. The molecule has 7 atom stereocenters. The summed E-state index contributed by atoms with van der Waals surface area (Å²) >= 11 is 1.74. The Balaban J connectivity index is 1.34. The van der Waals surface area contributed by atoms with Crippen LogP contribution in [0, 0.1) is 23.2 Å². The fraction of sp³-hybridized carbons (Fsp3) is 0.750. The molecule has 7 heteroatoms. The van der Waals surface area contributed by atoms with Crippen molar-refractivity contribution in [3.8, 4) is 0 Å². The Morgan fingerprint density at radius 2 is 1.65 bits per heavy atom. The second-order valence-corrected chi connectivity index (χ2v) is 30.6. The third kappa shape index (κ3) is 8.44. The molecule has 0 spiro atoms. The van der Waals surface area contributed by atoms with E-state index in [1.54, 1.807) is 16.9 Å². The molecular weight excluding hydrogens is 679 g/mol. The highest BCUT2D eigenvalue weighted by Gasteiger charge is 2.53. The number of aryl methyl sites for hydroxylation is 1. The zero-order chi connectivity index (χ0) is 37.8. The molecule has 4 nitrogen and oxygen atoms in total. The molecule has 4 fully saturated rings. The lowest BCUT2D eigenvalue weighted by Crippen LogP contribution is -2.49. The van der Waals surface area contributed by atoms with Crippen LogP contribution >= 0.6 is 11.3 Å². The number of rotatable bonds is 11. The van der Waals surface area contributed by atoms with Gasteiger partial charge in [-0.25, -0.2) is 4.98 Å². The minimum atomic E-state index is -2.00. The first-order valence-corrected chi connectivity index (χ1v) is 27.0. The molecule has 1 heterocycles. The minimum Gasteiger partial charge on any atom is -0.413 e. The molecule has 0 saturated heterocycles. The summed E-state index contributed by atoms with van der Waals surface area (Å²) in [6.07, 6.45) is 20.2. The second kappa shape index (κ2) is 14.9. The third-order valence-corrected chi connectivity index (χ3v) is 24.8. The van der Waals surface area contributed by atoms with Crippen molar-refractivity contribution in [1.29, 1.82) is 0 Å². The van der Waals surface area contributed by atoms with Crippen molar-refractivity contribution in [3.05, 3.63) is 63.7 Å². The predicted octanol–water partition coefficient (Wildman–Crippen LogP) is 12.5. The number of aliphatic hydroxyl groups is 1. The van der Waals surface area contributed by atoms with E-state index in [0.717, 1.165) is 42.8 Å². The number of hydrogen-bond donors (Lipinski definition) is 1. The molecule has 51 heavy (non-hydrogen) atoms. The SMILES string of the molecule is C=C1/C(=C\C=C2/CCC[C@]3(C)[C@@H]([C@H](C)/C=C/[C@H](O)C4(c5nc(CC)cs5)CC4)CC[C@@H]23)C[C@@H](O[Si](C)(C)C(C)(C)C)C[C@@H]1O[Si](C)(C)C(C)(C)C. The monoisotopic (exact) mass is 751 g/mol. The Morgan fingerprint density at radius 1 is 1.00 bits per heavy atom. The number of thiazole rings is 1. The van der Waals surface area contributed by atoms with E-state index >= 15 is 0 Å². The number of hydrogen-bond acceptors (Lipinski definition) is 5. The first-order valence-electron chi connectivity index (χ1n) is 20.3. The molecule has 0 radical (unpaired) electrons. The molecule has 0 amide bonds. The van der Waals surface area contributed by atoms with Gasteiger partial charge in [-0.15, -0.1) is 11.3 Å². The average molecular weight is 752 g/mol. The van der Waals surface area contributed by atoms with Gasteiger partial charge in [-0.05, 0) is 128 Å². The van der Waals surface area contributed by atoms with E-state index in [2.05, 4.69) is 118 Å². The molecule has 286 valence electrons. The summed E-state index contributed by atoms with van der Waals surface area (Å²) in [5, 5.41) is 15.0. The quantitative estimate of drug-likeness (QED) is 0.181. The van der Waals surface area contributed by atoms with Crippen molar-refractivity contribution in [3.63, 3.8) is 0 Å². The van der Waals surface area contributed by atoms with Gasteiger partial charge in [0, 0.05) is 11.8 Å². The van der Waals surface area contributed by atoms with Crippen molar-refractivity contribution >= 4 is 28.0 Å². The van der Waals surface area contributed by atoms with Gasteiger partial charge in [0.2, 0.25) is 0 Å². The van der Waals surface area contributed by atoms with E-state index < -0.39 is 22.7 Å². The summed E-state index contributed by atoms with van der Waals surface area (Å²) in [5.41, 5.74) is 5.41. The lowest BCUT2D eigenvalue weighted by molar-refractivity contribution is 0.0969. The standard InChI is InChI=1S/C44H73NO3SSi2/c1-15-34-29-49-40(45-34)44(25-26-44)39(46)23-18-30(2)36-21-22-37-32(17-16-24-43(36,37)10)19-20-33-27-35(47-50(11,12)41(4,5)6)28-38(31(33)3)48-51(13,14)42(7,8)9/h18-20,23,29-30,35-39,46H,3,15-17,21-22,24-28H2,1-2,4-14H3/b23-18+,32-19+,33-20-/t30-,35-,36-,37+,38+,39+,43-/m1/s1. The summed E-state index contributed by atoms with van der Waals surface area (Å²) in [7, 11) is -3.95. The maximum atomic E-state index is 11.4. The largest absolute Gasteiger partial charge is 0.413 e. The molecule has 4 aliphatic carbocycles. The van der Waals surface area contributed by atoms with E-state index in [9.17, 15) is 5.11 Å². The summed E-state index contributed by atoms with van der Waals surface area (Å²) in [6, 6.07) is 0. The van der Waals surface area contributed by atoms with Crippen LogP contribution in [0.5, 0.6) is 0 Å². The lowest BCUT2D eigenvalue weighted by Gasteiger charge is -2.45. The van der Waals surface area contributed by atoms with Gasteiger partial charge in [-0.1, -0.05) is 98.8 Å². The van der Waals surface area contributed by atoms with Crippen LogP contribution in [0.15, 0.2) is 53.0 Å². The molecule has 1 aromatic rings. The fourth-order valence-corrected chi connectivity index (χ4v) is 12.8. The Bertz CT molecular complexity index is 1500. The van der Waals surface area contributed by atoms with Crippen LogP contribution in [0.1, 0.15) is 131 Å². The van der Waals surface area contributed by atoms with Gasteiger partial charge >= 0.3 is 0 Å². The van der Waals surface area contributed by atoms with Crippen molar-refractivity contribution in [2.24, 2.45) is 23.2 Å². The first-order chi connectivity index (χ1) is 23.5. The van der Waals surface area contributed by atoms with Gasteiger partial charge in [0.25, 0.3) is 0 Å². The number of aromatic nitrogens is 1.